The van der Waals surface area contributed by atoms with Gasteiger partial charge in [0, 0.05) is 24.2 Å². The van der Waals surface area contributed by atoms with Crippen molar-refractivity contribution in [2.75, 3.05) is 20.3 Å². The number of hydrogen-bond donors (Lipinski definition) is 2. The van der Waals surface area contributed by atoms with E-state index >= 15 is 0 Å². The van der Waals surface area contributed by atoms with Crippen molar-refractivity contribution in [3.05, 3.63) is 58.6 Å². The summed E-state index contributed by atoms with van der Waals surface area (Å²) < 4.78 is 10.8. The van der Waals surface area contributed by atoms with Gasteiger partial charge in [-0.25, -0.2) is 0 Å². The number of nitrogens with one attached hydrogen (secondary N) is 1. The molecule has 124 valence electrons. The number of methoxy groups -OCH3 is 1. The Morgan fingerprint density at radius 1 is 1.17 bits per heavy atom. The van der Waals surface area contributed by atoms with Crippen LogP contribution in [0.4, 0.5) is 0 Å². The molecule has 0 heterocycles. The van der Waals surface area contributed by atoms with E-state index in [0.29, 0.717) is 36.2 Å². The van der Waals surface area contributed by atoms with Crippen LogP contribution in [0, 0.1) is 0 Å². The third-order valence-corrected chi connectivity index (χ3v) is 3.82. The highest BCUT2D eigenvalue weighted by molar-refractivity contribution is 6.31. The molecule has 0 bridgehead atoms. The van der Waals surface area contributed by atoms with Gasteiger partial charge in [0.05, 0.1) is 19.8 Å². The summed E-state index contributed by atoms with van der Waals surface area (Å²) in [6.45, 7) is 3.45. The molecule has 2 aromatic rings. The number of ether oxygens (including phenoxy) is 2. The minimum absolute atomic E-state index is 0.441. The van der Waals surface area contributed by atoms with E-state index in [0.717, 1.165) is 11.1 Å². The van der Waals surface area contributed by atoms with Crippen LogP contribution in [0.25, 0.3) is 0 Å². The van der Waals surface area contributed by atoms with Gasteiger partial charge in [-0.2, -0.15) is 0 Å². The molecule has 0 spiro atoms. The van der Waals surface area contributed by atoms with Crippen molar-refractivity contribution in [2.24, 2.45) is 0 Å². The average molecular weight is 336 g/mol. The normalized spacial score (nSPS) is 12.0. The Kier molecular flexibility index (Phi) is 6.71. The Balaban J connectivity index is 1.98. The van der Waals surface area contributed by atoms with Crippen LogP contribution in [-0.4, -0.2) is 25.4 Å². The smallest absolute Gasteiger partial charge is 0.162 e. The van der Waals surface area contributed by atoms with Crippen LogP contribution in [-0.2, 0) is 6.54 Å². The van der Waals surface area contributed by atoms with Crippen molar-refractivity contribution in [3.8, 4) is 11.5 Å². The van der Waals surface area contributed by atoms with Gasteiger partial charge in [-0.1, -0.05) is 41.9 Å². The zero-order chi connectivity index (χ0) is 16.7. The summed E-state index contributed by atoms with van der Waals surface area (Å²) in [5, 5.41) is 14.0. The average Bonchev–Trinajstić information content (AvgIpc) is 2.58. The van der Waals surface area contributed by atoms with E-state index in [1.165, 1.54) is 0 Å². The molecule has 0 saturated carbocycles. The Hall–Kier alpha value is -1.75. The highest BCUT2D eigenvalue weighted by atomic mass is 35.5. The maximum Gasteiger partial charge on any atom is 0.162 e. The van der Waals surface area contributed by atoms with Crippen molar-refractivity contribution >= 4 is 11.6 Å². The summed E-state index contributed by atoms with van der Waals surface area (Å²) in [5.74, 6) is 1.28. The molecular formula is C18H22ClNO3. The fraction of sp³-hybridized carbons (Fsp3) is 0.333. The summed E-state index contributed by atoms with van der Waals surface area (Å²) in [7, 11) is 1.59. The first-order chi connectivity index (χ1) is 11.2. The molecule has 0 aliphatic rings. The molecule has 0 aromatic heterocycles. The summed E-state index contributed by atoms with van der Waals surface area (Å²) in [6, 6.07) is 13.2. The molecule has 4 nitrogen and oxygen atoms in total. The SMILES string of the molecule is CCOc1cc(CNCC(O)c2ccccc2)c(Cl)cc1OC. The molecule has 2 rings (SSSR count). The molecule has 0 saturated heterocycles. The van der Waals surface area contributed by atoms with E-state index in [2.05, 4.69) is 5.32 Å². The first-order valence-corrected chi connectivity index (χ1v) is 7.96. The standard InChI is InChI=1S/C18H22ClNO3/c1-3-23-18-9-14(15(19)10-17(18)22-2)11-20-12-16(21)13-7-5-4-6-8-13/h4-10,16,20-21H,3,11-12H2,1-2H3. The van der Waals surface area contributed by atoms with E-state index in [4.69, 9.17) is 21.1 Å². The van der Waals surface area contributed by atoms with Gasteiger partial charge < -0.3 is 19.9 Å². The van der Waals surface area contributed by atoms with E-state index in [1.54, 1.807) is 13.2 Å². The predicted molar refractivity (Wildman–Crippen MR) is 92.3 cm³/mol. The van der Waals surface area contributed by atoms with E-state index in [-0.39, 0.29) is 0 Å². The number of benzene rings is 2. The van der Waals surface area contributed by atoms with Crippen LogP contribution in [0.3, 0.4) is 0 Å². The third kappa shape index (κ3) is 4.86. The van der Waals surface area contributed by atoms with Gasteiger partial charge in [-0.15, -0.1) is 0 Å². The molecular weight excluding hydrogens is 314 g/mol. The lowest BCUT2D eigenvalue weighted by Gasteiger charge is -2.15. The lowest BCUT2D eigenvalue weighted by Crippen LogP contribution is -2.21. The number of aliphatic hydroxyl groups excluding tert-OH is 1. The van der Waals surface area contributed by atoms with E-state index in [9.17, 15) is 5.11 Å². The van der Waals surface area contributed by atoms with Crippen LogP contribution in [0.15, 0.2) is 42.5 Å². The van der Waals surface area contributed by atoms with Gasteiger partial charge in [-0.05, 0) is 24.1 Å². The second-order valence-electron chi connectivity index (χ2n) is 5.08. The molecule has 0 radical (unpaired) electrons. The number of halogens is 1. The van der Waals surface area contributed by atoms with Crippen LogP contribution in [0.2, 0.25) is 5.02 Å². The summed E-state index contributed by atoms with van der Waals surface area (Å²) in [4.78, 5) is 0. The second kappa shape index (κ2) is 8.77. The van der Waals surface area contributed by atoms with Gasteiger partial charge in [0.25, 0.3) is 0 Å². The number of aliphatic hydroxyl groups is 1. The molecule has 0 aliphatic carbocycles. The lowest BCUT2D eigenvalue weighted by molar-refractivity contribution is 0.174. The van der Waals surface area contributed by atoms with Crippen molar-refractivity contribution in [3.63, 3.8) is 0 Å². The van der Waals surface area contributed by atoms with Gasteiger partial charge in [0.2, 0.25) is 0 Å². The molecule has 0 aliphatic heterocycles. The fourth-order valence-electron chi connectivity index (χ4n) is 2.28. The molecule has 2 aromatic carbocycles. The van der Waals surface area contributed by atoms with Crippen molar-refractivity contribution in [2.45, 2.75) is 19.6 Å². The molecule has 0 amide bonds. The monoisotopic (exact) mass is 335 g/mol. The van der Waals surface area contributed by atoms with Gasteiger partial charge in [0.15, 0.2) is 11.5 Å². The molecule has 1 unspecified atom stereocenters. The molecule has 0 fully saturated rings. The lowest BCUT2D eigenvalue weighted by atomic mass is 10.1. The first-order valence-electron chi connectivity index (χ1n) is 7.58. The largest absolute Gasteiger partial charge is 0.493 e. The maximum absolute atomic E-state index is 10.1. The molecule has 2 N–H and O–H groups in total. The number of hydrogen-bond acceptors (Lipinski definition) is 4. The molecule has 23 heavy (non-hydrogen) atoms. The van der Waals surface area contributed by atoms with Gasteiger partial charge >= 0.3 is 0 Å². The van der Waals surface area contributed by atoms with E-state index in [1.807, 2.05) is 43.3 Å². The number of rotatable bonds is 8. The summed E-state index contributed by atoms with van der Waals surface area (Å²) in [6.07, 6.45) is -0.556. The van der Waals surface area contributed by atoms with Crippen molar-refractivity contribution < 1.29 is 14.6 Å². The van der Waals surface area contributed by atoms with Crippen molar-refractivity contribution in [1.82, 2.24) is 5.32 Å². The molecule has 5 heteroatoms. The predicted octanol–water partition coefficient (Wildman–Crippen LogP) is 3.57. The van der Waals surface area contributed by atoms with Crippen LogP contribution >= 0.6 is 11.6 Å². The van der Waals surface area contributed by atoms with Gasteiger partial charge in [0.1, 0.15) is 0 Å². The third-order valence-electron chi connectivity index (χ3n) is 3.47. The topological polar surface area (TPSA) is 50.7 Å². The highest BCUT2D eigenvalue weighted by Gasteiger charge is 2.11. The van der Waals surface area contributed by atoms with Crippen LogP contribution in [0.5, 0.6) is 11.5 Å². The first kappa shape index (κ1) is 17.6. The Morgan fingerprint density at radius 2 is 1.91 bits per heavy atom. The van der Waals surface area contributed by atoms with Gasteiger partial charge in [-0.3, -0.25) is 0 Å². The zero-order valence-corrected chi connectivity index (χ0v) is 14.1. The minimum atomic E-state index is -0.556. The van der Waals surface area contributed by atoms with Crippen LogP contribution in [0.1, 0.15) is 24.2 Å². The zero-order valence-electron chi connectivity index (χ0n) is 13.4. The maximum atomic E-state index is 10.1. The summed E-state index contributed by atoms with van der Waals surface area (Å²) in [5.41, 5.74) is 1.78. The van der Waals surface area contributed by atoms with Crippen molar-refractivity contribution in [1.29, 1.82) is 0 Å². The fourth-order valence-corrected chi connectivity index (χ4v) is 2.50. The van der Waals surface area contributed by atoms with Crippen LogP contribution < -0.4 is 14.8 Å². The van der Waals surface area contributed by atoms with E-state index < -0.39 is 6.10 Å². The summed E-state index contributed by atoms with van der Waals surface area (Å²) >= 11 is 6.27. The minimum Gasteiger partial charge on any atom is -0.493 e. The Bertz CT molecular complexity index is 619. The molecule has 1 atom stereocenters. The highest BCUT2D eigenvalue weighted by Crippen LogP contribution is 2.33. The second-order valence-corrected chi connectivity index (χ2v) is 5.49. The quantitative estimate of drug-likeness (QED) is 0.774. The Labute approximate surface area is 142 Å². The Morgan fingerprint density at radius 3 is 2.57 bits per heavy atom.